The number of ether oxygens (including phenoxy) is 1. The summed E-state index contributed by atoms with van der Waals surface area (Å²) >= 11 is 0. The molecular weight excluding hydrogens is 190 g/mol. The minimum absolute atomic E-state index is 0.765. The van der Waals surface area contributed by atoms with Crippen LogP contribution in [-0.2, 0) is 6.42 Å². The van der Waals surface area contributed by atoms with Gasteiger partial charge in [0.1, 0.15) is 0 Å². The molecule has 0 fully saturated rings. The minimum Gasteiger partial charge on any atom is -0.492 e. The summed E-state index contributed by atoms with van der Waals surface area (Å²) in [7, 11) is 1.67. The van der Waals surface area contributed by atoms with Crippen LogP contribution < -0.4 is 4.74 Å². The van der Waals surface area contributed by atoms with Crippen molar-refractivity contribution in [1.82, 2.24) is 5.16 Å². The third-order valence-corrected chi connectivity index (χ3v) is 2.58. The Bertz CT molecular complexity index is 474. The van der Waals surface area contributed by atoms with Crippen molar-refractivity contribution >= 4 is 11.0 Å². The summed E-state index contributed by atoms with van der Waals surface area (Å²) in [5.41, 5.74) is 2.86. The van der Waals surface area contributed by atoms with Gasteiger partial charge >= 0.3 is 0 Å². The molecule has 0 N–H and O–H groups in total. The van der Waals surface area contributed by atoms with Crippen LogP contribution in [0.15, 0.2) is 16.7 Å². The van der Waals surface area contributed by atoms with Gasteiger partial charge < -0.3 is 9.26 Å². The molecule has 1 aromatic heterocycles. The van der Waals surface area contributed by atoms with E-state index in [0.717, 1.165) is 35.3 Å². The molecule has 0 atom stereocenters. The highest BCUT2D eigenvalue weighted by molar-refractivity contribution is 5.86. The van der Waals surface area contributed by atoms with E-state index < -0.39 is 0 Å². The first-order valence-corrected chi connectivity index (χ1v) is 5.19. The number of aromatic nitrogens is 1. The lowest BCUT2D eigenvalue weighted by molar-refractivity contribution is 0.387. The Morgan fingerprint density at radius 2 is 2.20 bits per heavy atom. The Labute approximate surface area is 89.0 Å². The molecule has 0 spiro atoms. The summed E-state index contributed by atoms with van der Waals surface area (Å²) in [6, 6.07) is 4.14. The van der Waals surface area contributed by atoms with E-state index in [1.165, 1.54) is 5.56 Å². The molecule has 0 aliphatic carbocycles. The van der Waals surface area contributed by atoms with Crippen LogP contribution in [-0.4, -0.2) is 12.3 Å². The molecule has 0 aliphatic rings. The Balaban J connectivity index is 2.65. The molecule has 3 nitrogen and oxygen atoms in total. The molecule has 1 heterocycles. The maximum Gasteiger partial charge on any atom is 0.209 e. The fourth-order valence-corrected chi connectivity index (χ4v) is 1.83. The maximum absolute atomic E-state index is 5.39. The van der Waals surface area contributed by atoms with Gasteiger partial charge in [-0.2, -0.15) is 0 Å². The van der Waals surface area contributed by atoms with Crippen molar-refractivity contribution in [3.05, 3.63) is 23.4 Å². The monoisotopic (exact) mass is 205 g/mol. The smallest absolute Gasteiger partial charge is 0.209 e. The minimum atomic E-state index is 0.765. The molecule has 0 saturated heterocycles. The SMILES string of the molecule is CCCc1ccc2c(C)noc2c1OC. The molecule has 3 heteroatoms. The van der Waals surface area contributed by atoms with E-state index in [1.807, 2.05) is 6.92 Å². The predicted octanol–water partition coefficient (Wildman–Crippen LogP) is 3.10. The summed E-state index contributed by atoms with van der Waals surface area (Å²) in [5.74, 6) is 0.829. The molecule has 15 heavy (non-hydrogen) atoms. The van der Waals surface area contributed by atoms with Crippen LogP contribution in [0, 0.1) is 6.92 Å². The molecule has 0 bridgehead atoms. The number of hydrogen-bond acceptors (Lipinski definition) is 3. The van der Waals surface area contributed by atoms with Crippen molar-refractivity contribution in [1.29, 1.82) is 0 Å². The van der Waals surface area contributed by atoms with Gasteiger partial charge in [-0.15, -0.1) is 0 Å². The van der Waals surface area contributed by atoms with E-state index >= 15 is 0 Å². The normalized spacial score (nSPS) is 10.9. The summed E-state index contributed by atoms with van der Waals surface area (Å²) in [6.45, 7) is 4.08. The number of hydrogen-bond donors (Lipinski definition) is 0. The fraction of sp³-hybridized carbons (Fsp3) is 0.417. The van der Waals surface area contributed by atoms with Crippen LogP contribution in [0.1, 0.15) is 24.6 Å². The molecule has 2 aromatic rings. The highest BCUT2D eigenvalue weighted by Gasteiger charge is 2.13. The summed E-state index contributed by atoms with van der Waals surface area (Å²) in [6.07, 6.45) is 2.09. The van der Waals surface area contributed by atoms with Crippen molar-refractivity contribution in [2.75, 3.05) is 7.11 Å². The summed E-state index contributed by atoms with van der Waals surface area (Å²) in [4.78, 5) is 0. The molecule has 80 valence electrons. The Morgan fingerprint density at radius 3 is 2.87 bits per heavy atom. The lowest BCUT2D eigenvalue weighted by atomic mass is 10.1. The van der Waals surface area contributed by atoms with Gasteiger partial charge in [0.25, 0.3) is 0 Å². The number of fused-ring (bicyclic) bond motifs is 1. The van der Waals surface area contributed by atoms with Crippen LogP contribution in [0.3, 0.4) is 0 Å². The quantitative estimate of drug-likeness (QED) is 0.772. The van der Waals surface area contributed by atoms with Crippen LogP contribution in [0.5, 0.6) is 5.75 Å². The second-order valence-corrected chi connectivity index (χ2v) is 3.65. The second kappa shape index (κ2) is 3.93. The Kier molecular flexibility index (Phi) is 2.62. The van der Waals surface area contributed by atoms with Gasteiger partial charge in [0, 0.05) is 5.39 Å². The summed E-state index contributed by atoms with van der Waals surface area (Å²) < 4.78 is 10.7. The van der Waals surface area contributed by atoms with Gasteiger partial charge in [-0.1, -0.05) is 24.6 Å². The molecule has 0 saturated carbocycles. The van der Waals surface area contributed by atoms with Crippen molar-refractivity contribution < 1.29 is 9.26 Å². The Morgan fingerprint density at radius 1 is 1.40 bits per heavy atom. The van der Waals surface area contributed by atoms with Crippen molar-refractivity contribution in [2.24, 2.45) is 0 Å². The van der Waals surface area contributed by atoms with E-state index in [0.29, 0.717) is 0 Å². The lowest BCUT2D eigenvalue weighted by Crippen LogP contribution is -1.92. The van der Waals surface area contributed by atoms with Gasteiger partial charge in [-0.05, 0) is 25.0 Å². The van der Waals surface area contributed by atoms with Crippen LogP contribution in [0.4, 0.5) is 0 Å². The zero-order valence-electron chi connectivity index (χ0n) is 9.33. The van der Waals surface area contributed by atoms with Crippen LogP contribution >= 0.6 is 0 Å². The first-order valence-electron chi connectivity index (χ1n) is 5.19. The first-order chi connectivity index (χ1) is 7.27. The zero-order valence-corrected chi connectivity index (χ0v) is 9.33. The number of aryl methyl sites for hydroxylation is 2. The molecule has 0 radical (unpaired) electrons. The number of benzene rings is 1. The summed E-state index contributed by atoms with van der Waals surface area (Å²) in [5, 5.41) is 4.98. The standard InChI is InChI=1S/C12H15NO2/c1-4-5-9-6-7-10-8(2)13-15-12(10)11(9)14-3/h6-7H,4-5H2,1-3H3. The molecule has 0 amide bonds. The van der Waals surface area contributed by atoms with E-state index in [2.05, 4.69) is 24.2 Å². The number of nitrogens with zero attached hydrogens (tertiary/aromatic N) is 1. The average molecular weight is 205 g/mol. The van der Waals surface area contributed by atoms with Gasteiger partial charge in [0.05, 0.1) is 12.8 Å². The predicted molar refractivity (Wildman–Crippen MR) is 59.3 cm³/mol. The maximum atomic E-state index is 5.39. The van der Waals surface area contributed by atoms with Crippen LogP contribution in [0.2, 0.25) is 0 Å². The molecule has 2 rings (SSSR count). The Hall–Kier alpha value is -1.51. The zero-order chi connectivity index (χ0) is 10.8. The van der Waals surface area contributed by atoms with E-state index in [-0.39, 0.29) is 0 Å². The topological polar surface area (TPSA) is 35.3 Å². The number of rotatable bonds is 3. The fourth-order valence-electron chi connectivity index (χ4n) is 1.83. The average Bonchev–Trinajstić information content (AvgIpc) is 2.61. The largest absolute Gasteiger partial charge is 0.492 e. The van der Waals surface area contributed by atoms with E-state index in [9.17, 15) is 0 Å². The molecular formula is C12H15NO2. The van der Waals surface area contributed by atoms with Crippen molar-refractivity contribution in [3.63, 3.8) is 0 Å². The second-order valence-electron chi connectivity index (χ2n) is 3.65. The highest BCUT2D eigenvalue weighted by Crippen LogP contribution is 2.31. The van der Waals surface area contributed by atoms with Gasteiger partial charge in [0.15, 0.2) is 5.75 Å². The third-order valence-electron chi connectivity index (χ3n) is 2.58. The molecule has 0 unspecified atom stereocenters. The number of methoxy groups -OCH3 is 1. The van der Waals surface area contributed by atoms with Crippen LogP contribution in [0.25, 0.3) is 11.0 Å². The van der Waals surface area contributed by atoms with Crippen molar-refractivity contribution in [2.45, 2.75) is 26.7 Å². The van der Waals surface area contributed by atoms with E-state index in [4.69, 9.17) is 9.26 Å². The highest BCUT2D eigenvalue weighted by atomic mass is 16.5. The van der Waals surface area contributed by atoms with Gasteiger partial charge in [-0.3, -0.25) is 0 Å². The lowest BCUT2D eigenvalue weighted by Gasteiger charge is -2.06. The molecule has 1 aromatic carbocycles. The first kappa shape index (κ1) is 10.0. The third kappa shape index (κ3) is 1.58. The molecule has 0 aliphatic heterocycles. The van der Waals surface area contributed by atoms with Gasteiger partial charge in [0.2, 0.25) is 5.58 Å². The van der Waals surface area contributed by atoms with Gasteiger partial charge in [-0.25, -0.2) is 0 Å². The van der Waals surface area contributed by atoms with Crippen molar-refractivity contribution in [3.8, 4) is 5.75 Å². The van der Waals surface area contributed by atoms with E-state index in [1.54, 1.807) is 7.11 Å².